The number of hydrogen-bond donors (Lipinski definition) is 1. The van der Waals surface area contributed by atoms with Crippen molar-refractivity contribution in [3.63, 3.8) is 0 Å². The molecule has 0 atom stereocenters. The molecule has 1 saturated heterocycles. The van der Waals surface area contributed by atoms with Crippen molar-refractivity contribution in [1.29, 1.82) is 0 Å². The molecule has 3 heteroatoms. The number of piperidine rings is 1. The highest BCUT2D eigenvalue weighted by Gasteiger charge is 2.08. The summed E-state index contributed by atoms with van der Waals surface area (Å²) in [6.45, 7) is 7.76. The van der Waals surface area contributed by atoms with Crippen molar-refractivity contribution < 1.29 is 4.42 Å². The molecule has 0 unspecified atom stereocenters. The van der Waals surface area contributed by atoms with Crippen molar-refractivity contribution in [2.24, 2.45) is 0 Å². The van der Waals surface area contributed by atoms with E-state index in [-0.39, 0.29) is 0 Å². The van der Waals surface area contributed by atoms with Crippen LogP contribution in [-0.4, -0.2) is 31.1 Å². The molecule has 2 rings (SSSR count). The minimum atomic E-state index is 0.855. The van der Waals surface area contributed by atoms with E-state index in [0.717, 1.165) is 31.0 Å². The van der Waals surface area contributed by atoms with Crippen LogP contribution in [0.15, 0.2) is 16.5 Å². The zero-order valence-corrected chi connectivity index (χ0v) is 10.9. The molecule has 1 aromatic heterocycles. The summed E-state index contributed by atoms with van der Waals surface area (Å²) >= 11 is 0. The second-order valence-corrected chi connectivity index (χ2v) is 4.80. The van der Waals surface area contributed by atoms with Crippen molar-refractivity contribution in [2.75, 3.05) is 26.2 Å². The molecule has 0 bridgehead atoms. The van der Waals surface area contributed by atoms with Crippen LogP contribution < -0.4 is 5.32 Å². The summed E-state index contributed by atoms with van der Waals surface area (Å²) in [5, 5.41) is 3.45. The van der Waals surface area contributed by atoms with Crippen LogP contribution in [0.1, 0.15) is 37.7 Å². The molecule has 0 spiro atoms. The van der Waals surface area contributed by atoms with Crippen molar-refractivity contribution in [3.05, 3.63) is 23.7 Å². The second-order valence-electron chi connectivity index (χ2n) is 4.80. The lowest BCUT2D eigenvalue weighted by Crippen LogP contribution is -2.35. The molecule has 0 saturated carbocycles. The fourth-order valence-corrected chi connectivity index (χ4v) is 2.34. The highest BCUT2D eigenvalue weighted by atomic mass is 16.3. The van der Waals surface area contributed by atoms with E-state index in [1.54, 1.807) is 0 Å². The van der Waals surface area contributed by atoms with Crippen molar-refractivity contribution >= 4 is 0 Å². The average molecular weight is 236 g/mol. The third-order valence-electron chi connectivity index (χ3n) is 3.42. The molecule has 0 amide bonds. The van der Waals surface area contributed by atoms with E-state index < -0.39 is 0 Å². The van der Waals surface area contributed by atoms with Crippen LogP contribution >= 0.6 is 0 Å². The van der Waals surface area contributed by atoms with Gasteiger partial charge in [-0.25, -0.2) is 0 Å². The Bertz CT molecular complexity index is 316. The van der Waals surface area contributed by atoms with Gasteiger partial charge in [-0.3, -0.25) is 0 Å². The predicted molar refractivity (Wildman–Crippen MR) is 70.1 cm³/mol. The largest absolute Gasteiger partial charge is 0.465 e. The van der Waals surface area contributed by atoms with E-state index in [1.165, 1.54) is 38.9 Å². The number of nitrogens with zero attached hydrogens (tertiary/aromatic N) is 1. The highest BCUT2D eigenvalue weighted by Crippen LogP contribution is 2.09. The number of likely N-dealkylation sites (tertiary alicyclic amines) is 1. The van der Waals surface area contributed by atoms with Crippen LogP contribution in [-0.2, 0) is 13.0 Å². The average Bonchev–Trinajstić information content (AvgIpc) is 2.84. The Morgan fingerprint density at radius 3 is 2.65 bits per heavy atom. The number of rotatable bonds is 6. The van der Waals surface area contributed by atoms with E-state index in [2.05, 4.69) is 29.3 Å². The number of furan rings is 1. The maximum Gasteiger partial charge on any atom is 0.117 e. The van der Waals surface area contributed by atoms with Crippen LogP contribution in [0.4, 0.5) is 0 Å². The second kappa shape index (κ2) is 6.82. The fourth-order valence-electron chi connectivity index (χ4n) is 2.34. The molecule has 0 aromatic carbocycles. The van der Waals surface area contributed by atoms with E-state index in [1.807, 2.05) is 0 Å². The monoisotopic (exact) mass is 236 g/mol. The Hall–Kier alpha value is -0.800. The Balaban J connectivity index is 1.59. The molecule has 1 aromatic rings. The van der Waals surface area contributed by atoms with Gasteiger partial charge in [-0.2, -0.15) is 0 Å². The topological polar surface area (TPSA) is 28.4 Å². The van der Waals surface area contributed by atoms with Gasteiger partial charge in [0.1, 0.15) is 11.5 Å². The first-order valence-electron chi connectivity index (χ1n) is 6.89. The van der Waals surface area contributed by atoms with Gasteiger partial charge >= 0.3 is 0 Å². The van der Waals surface area contributed by atoms with Crippen molar-refractivity contribution in [2.45, 2.75) is 39.2 Å². The van der Waals surface area contributed by atoms with E-state index in [9.17, 15) is 0 Å². The normalized spacial score (nSPS) is 17.5. The lowest BCUT2D eigenvalue weighted by molar-refractivity contribution is 0.228. The lowest BCUT2D eigenvalue weighted by atomic mass is 10.1. The summed E-state index contributed by atoms with van der Waals surface area (Å²) in [7, 11) is 0. The van der Waals surface area contributed by atoms with Crippen LogP contribution in [0.3, 0.4) is 0 Å². The van der Waals surface area contributed by atoms with Gasteiger partial charge in [-0.05, 0) is 38.1 Å². The van der Waals surface area contributed by atoms with E-state index >= 15 is 0 Å². The Morgan fingerprint density at radius 1 is 1.18 bits per heavy atom. The number of hydrogen-bond acceptors (Lipinski definition) is 3. The quantitative estimate of drug-likeness (QED) is 0.769. The van der Waals surface area contributed by atoms with Gasteiger partial charge in [0.2, 0.25) is 0 Å². The van der Waals surface area contributed by atoms with Crippen molar-refractivity contribution in [3.8, 4) is 0 Å². The minimum absolute atomic E-state index is 0.855. The van der Waals surface area contributed by atoms with Gasteiger partial charge < -0.3 is 14.6 Å². The summed E-state index contributed by atoms with van der Waals surface area (Å²) in [6.07, 6.45) is 5.14. The minimum Gasteiger partial charge on any atom is -0.465 e. The predicted octanol–water partition coefficient (Wildman–Crippen LogP) is 2.42. The fraction of sp³-hybridized carbons (Fsp3) is 0.714. The molecule has 0 aliphatic carbocycles. The zero-order valence-electron chi connectivity index (χ0n) is 10.9. The highest BCUT2D eigenvalue weighted by molar-refractivity contribution is 5.06. The standard InChI is InChI=1S/C14H24N2O/c1-2-13-6-7-14(17-13)12-15-8-11-16-9-4-3-5-10-16/h6-7,15H,2-5,8-12H2,1H3. The van der Waals surface area contributed by atoms with E-state index in [0.29, 0.717) is 0 Å². The summed E-state index contributed by atoms with van der Waals surface area (Å²) in [5.41, 5.74) is 0. The molecule has 2 heterocycles. The van der Waals surface area contributed by atoms with Gasteiger partial charge in [0.25, 0.3) is 0 Å². The molecular formula is C14H24N2O. The van der Waals surface area contributed by atoms with Crippen LogP contribution in [0.25, 0.3) is 0 Å². The lowest BCUT2D eigenvalue weighted by Gasteiger charge is -2.26. The Kier molecular flexibility index (Phi) is 5.08. The third kappa shape index (κ3) is 4.17. The first-order valence-corrected chi connectivity index (χ1v) is 6.89. The number of aryl methyl sites for hydroxylation is 1. The van der Waals surface area contributed by atoms with Crippen LogP contribution in [0, 0.1) is 0 Å². The van der Waals surface area contributed by atoms with Crippen LogP contribution in [0.5, 0.6) is 0 Å². The maximum absolute atomic E-state index is 5.65. The van der Waals surface area contributed by atoms with Gasteiger partial charge in [-0.1, -0.05) is 13.3 Å². The smallest absolute Gasteiger partial charge is 0.117 e. The molecule has 1 N–H and O–H groups in total. The van der Waals surface area contributed by atoms with Gasteiger partial charge in [0, 0.05) is 19.5 Å². The molecule has 17 heavy (non-hydrogen) atoms. The Labute approximate surface area is 104 Å². The molecule has 3 nitrogen and oxygen atoms in total. The summed E-state index contributed by atoms with van der Waals surface area (Å²) in [4.78, 5) is 2.55. The van der Waals surface area contributed by atoms with Gasteiger partial charge in [0.05, 0.1) is 6.54 Å². The van der Waals surface area contributed by atoms with Crippen LogP contribution in [0.2, 0.25) is 0 Å². The maximum atomic E-state index is 5.65. The molecular weight excluding hydrogens is 212 g/mol. The molecule has 1 fully saturated rings. The van der Waals surface area contributed by atoms with E-state index in [4.69, 9.17) is 4.42 Å². The first-order chi connectivity index (χ1) is 8.38. The molecule has 0 radical (unpaired) electrons. The summed E-state index contributed by atoms with van der Waals surface area (Å²) < 4.78 is 5.65. The number of nitrogens with one attached hydrogen (secondary N) is 1. The van der Waals surface area contributed by atoms with Crippen molar-refractivity contribution in [1.82, 2.24) is 10.2 Å². The zero-order chi connectivity index (χ0) is 11.9. The molecule has 96 valence electrons. The molecule has 1 aliphatic heterocycles. The first kappa shape index (κ1) is 12.7. The molecule has 1 aliphatic rings. The van der Waals surface area contributed by atoms with Gasteiger partial charge in [-0.15, -0.1) is 0 Å². The Morgan fingerprint density at radius 2 is 1.94 bits per heavy atom. The third-order valence-corrected chi connectivity index (χ3v) is 3.42. The van der Waals surface area contributed by atoms with Gasteiger partial charge in [0.15, 0.2) is 0 Å². The SMILES string of the molecule is CCc1ccc(CNCCN2CCCCC2)o1. The summed E-state index contributed by atoms with van der Waals surface area (Å²) in [6, 6.07) is 4.15. The summed E-state index contributed by atoms with van der Waals surface area (Å²) in [5.74, 6) is 2.14.